The van der Waals surface area contributed by atoms with Crippen molar-refractivity contribution in [2.45, 2.75) is 19.8 Å². The van der Waals surface area contributed by atoms with Crippen molar-refractivity contribution in [2.75, 3.05) is 20.2 Å². The van der Waals surface area contributed by atoms with Gasteiger partial charge in [0.25, 0.3) is 5.69 Å². The van der Waals surface area contributed by atoms with Crippen LogP contribution in [0.5, 0.6) is 5.75 Å². The standard InChI is InChI=1S/C14H18N2O3/c1-11-12(7-10-15-8-3-4-9-15)13(16(17)18)5-6-14(11)19-2/h5-7,10H,3-4,8-9H2,1-2H3. The monoisotopic (exact) mass is 262 g/mol. The number of likely N-dealkylation sites (tertiary alicyclic amines) is 1. The molecule has 0 bridgehead atoms. The predicted octanol–water partition coefficient (Wildman–Crippen LogP) is 2.98. The largest absolute Gasteiger partial charge is 0.496 e. The lowest BCUT2D eigenvalue weighted by atomic mass is 10.1. The first-order chi connectivity index (χ1) is 9.13. The van der Waals surface area contributed by atoms with Crippen molar-refractivity contribution in [2.24, 2.45) is 0 Å². The van der Waals surface area contributed by atoms with Gasteiger partial charge in [0.2, 0.25) is 0 Å². The average Bonchev–Trinajstić information content (AvgIpc) is 2.89. The minimum absolute atomic E-state index is 0.119. The first-order valence-electron chi connectivity index (χ1n) is 6.37. The second kappa shape index (κ2) is 5.73. The number of hydrogen-bond acceptors (Lipinski definition) is 4. The van der Waals surface area contributed by atoms with E-state index >= 15 is 0 Å². The molecule has 0 unspecified atom stereocenters. The van der Waals surface area contributed by atoms with E-state index in [0.717, 1.165) is 18.7 Å². The average molecular weight is 262 g/mol. The van der Waals surface area contributed by atoms with Crippen LogP contribution in [-0.4, -0.2) is 30.0 Å². The highest BCUT2D eigenvalue weighted by Crippen LogP contribution is 2.30. The highest BCUT2D eigenvalue weighted by Gasteiger charge is 2.17. The highest BCUT2D eigenvalue weighted by atomic mass is 16.6. The van der Waals surface area contributed by atoms with Crippen LogP contribution in [0.1, 0.15) is 24.0 Å². The zero-order chi connectivity index (χ0) is 13.8. The molecule has 1 saturated heterocycles. The van der Waals surface area contributed by atoms with Gasteiger partial charge in [0, 0.05) is 24.7 Å². The third kappa shape index (κ3) is 2.86. The molecule has 19 heavy (non-hydrogen) atoms. The Balaban J connectivity index is 2.37. The molecule has 1 aliphatic rings. The molecule has 1 aromatic rings. The van der Waals surface area contributed by atoms with Crippen LogP contribution in [0.25, 0.3) is 6.08 Å². The molecule has 0 amide bonds. The van der Waals surface area contributed by atoms with E-state index in [-0.39, 0.29) is 10.6 Å². The molecular weight excluding hydrogens is 244 g/mol. The van der Waals surface area contributed by atoms with Gasteiger partial charge in [-0.2, -0.15) is 0 Å². The van der Waals surface area contributed by atoms with Gasteiger partial charge >= 0.3 is 0 Å². The predicted molar refractivity (Wildman–Crippen MR) is 74.2 cm³/mol. The number of rotatable bonds is 4. The molecule has 0 N–H and O–H groups in total. The molecule has 5 heteroatoms. The smallest absolute Gasteiger partial charge is 0.277 e. The van der Waals surface area contributed by atoms with Crippen LogP contribution in [0.4, 0.5) is 5.69 Å². The minimum Gasteiger partial charge on any atom is -0.496 e. The summed E-state index contributed by atoms with van der Waals surface area (Å²) in [6.45, 7) is 3.89. The Morgan fingerprint density at radius 3 is 2.63 bits per heavy atom. The first-order valence-corrected chi connectivity index (χ1v) is 6.37. The molecule has 102 valence electrons. The van der Waals surface area contributed by atoms with Crippen LogP contribution < -0.4 is 4.74 Å². The quantitative estimate of drug-likeness (QED) is 0.618. The second-order valence-electron chi connectivity index (χ2n) is 4.64. The van der Waals surface area contributed by atoms with E-state index in [0.29, 0.717) is 11.3 Å². The summed E-state index contributed by atoms with van der Waals surface area (Å²) < 4.78 is 5.22. The summed E-state index contributed by atoms with van der Waals surface area (Å²) in [7, 11) is 1.57. The molecule has 0 spiro atoms. The third-order valence-electron chi connectivity index (χ3n) is 3.45. The van der Waals surface area contributed by atoms with E-state index in [9.17, 15) is 10.1 Å². The highest BCUT2D eigenvalue weighted by molar-refractivity contribution is 5.67. The maximum Gasteiger partial charge on any atom is 0.277 e. The summed E-state index contributed by atoms with van der Waals surface area (Å²) in [5.41, 5.74) is 1.54. The maximum atomic E-state index is 11.1. The van der Waals surface area contributed by atoms with E-state index in [2.05, 4.69) is 4.90 Å². The topological polar surface area (TPSA) is 55.6 Å². The van der Waals surface area contributed by atoms with Crippen LogP contribution in [0.3, 0.4) is 0 Å². The van der Waals surface area contributed by atoms with Crippen LogP contribution in [0.15, 0.2) is 18.3 Å². The van der Waals surface area contributed by atoms with Gasteiger partial charge in [-0.25, -0.2) is 0 Å². The molecule has 5 nitrogen and oxygen atoms in total. The molecule has 1 aromatic carbocycles. The van der Waals surface area contributed by atoms with Crippen LogP contribution in [0, 0.1) is 17.0 Å². The van der Waals surface area contributed by atoms with E-state index in [1.54, 1.807) is 13.2 Å². The van der Waals surface area contributed by atoms with Gasteiger partial charge in [0.1, 0.15) is 5.75 Å². The number of methoxy groups -OCH3 is 1. The van der Waals surface area contributed by atoms with Crippen molar-refractivity contribution >= 4 is 11.8 Å². The minimum atomic E-state index is -0.351. The van der Waals surface area contributed by atoms with E-state index in [4.69, 9.17) is 4.74 Å². The number of benzene rings is 1. The molecule has 0 saturated carbocycles. The Hall–Kier alpha value is -2.04. The first kappa shape index (κ1) is 13.4. The SMILES string of the molecule is COc1ccc([N+](=O)[O-])c(C=CN2CCCC2)c1C. The number of nitrogens with zero attached hydrogens (tertiary/aromatic N) is 2. The number of ether oxygens (including phenoxy) is 1. The van der Waals surface area contributed by atoms with E-state index in [1.807, 2.05) is 19.2 Å². The van der Waals surface area contributed by atoms with Crippen molar-refractivity contribution in [1.29, 1.82) is 0 Å². The molecule has 0 atom stereocenters. The lowest BCUT2D eigenvalue weighted by molar-refractivity contribution is -0.385. The van der Waals surface area contributed by atoms with Crippen LogP contribution >= 0.6 is 0 Å². The Labute approximate surface area is 112 Å². The lowest BCUT2D eigenvalue weighted by Gasteiger charge is -2.12. The molecule has 0 radical (unpaired) electrons. The van der Waals surface area contributed by atoms with Crippen molar-refractivity contribution < 1.29 is 9.66 Å². The summed E-state index contributed by atoms with van der Waals surface area (Å²) in [6, 6.07) is 3.14. The molecular formula is C14H18N2O3. The van der Waals surface area contributed by atoms with Crippen LogP contribution in [0.2, 0.25) is 0 Å². The molecule has 1 heterocycles. The summed E-state index contributed by atoms with van der Waals surface area (Å²) in [4.78, 5) is 12.9. The molecule has 0 aromatic heterocycles. The Bertz CT molecular complexity index is 506. The number of nitro benzene ring substituents is 1. The Morgan fingerprint density at radius 1 is 1.37 bits per heavy atom. The van der Waals surface area contributed by atoms with Crippen molar-refractivity contribution in [1.82, 2.24) is 4.90 Å². The van der Waals surface area contributed by atoms with Crippen molar-refractivity contribution in [3.8, 4) is 5.75 Å². The summed E-state index contributed by atoms with van der Waals surface area (Å²) in [5, 5.41) is 11.1. The van der Waals surface area contributed by atoms with Gasteiger partial charge in [-0.15, -0.1) is 0 Å². The van der Waals surface area contributed by atoms with Gasteiger partial charge < -0.3 is 9.64 Å². The third-order valence-corrected chi connectivity index (χ3v) is 3.45. The van der Waals surface area contributed by atoms with Gasteiger partial charge in [-0.3, -0.25) is 10.1 Å². The van der Waals surface area contributed by atoms with Gasteiger partial charge in [0.15, 0.2) is 0 Å². The number of nitro groups is 1. The fourth-order valence-corrected chi connectivity index (χ4v) is 2.36. The Morgan fingerprint density at radius 2 is 2.05 bits per heavy atom. The lowest BCUT2D eigenvalue weighted by Crippen LogP contribution is -2.10. The Kier molecular flexibility index (Phi) is 4.04. The van der Waals surface area contributed by atoms with Crippen LogP contribution in [-0.2, 0) is 0 Å². The van der Waals surface area contributed by atoms with Gasteiger partial charge in [-0.1, -0.05) is 0 Å². The zero-order valence-corrected chi connectivity index (χ0v) is 11.3. The fraction of sp³-hybridized carbons (Fsp3) is 0.429. The molecule has 0 aliphatic carbocycles. The fourth-order valence-electron chi connectivity index (χ4n) is 2.36. The second-order valence-corrected chi connectivity index (χ2v) is 4.64. The molecule has 1 fully saturated rings. The van der Waals surface area contributed by atoms with E-state index in [1.165, 1.54) is 18.9 Å². The summed E-state index contributed by atoms with van der Waals surface area (Å²) in [6.07, 6.45) is 6.14. The number of hydrogen-bond donors (Lipinski definition) is 0. The zero-order valence-electron chi connectivity index (χ0n) is 11.3. The van der Waals surface area contributed by atoms with E-state index < -0.39 is 0 Å². The van der Waals surface area contributed by atoms with Crippen molar-refractivity contribution in [3.05, 3.63) is 39.6 Å². The summed E-state index contributed by atoms with van der Waals surface area (Å²) >= 11 is 0. The van der Waals surface area contributed by atoms with Gasteiger partial charge in [-0.05, 0) is 38.1 Å². The van der Waals surface area contributed by atoms with Crippen molar-refractivity contribution in [3.63, 3.8) is 0 Å². The normalized spacial score (nSPS) is 15.2. The maximum absolute atomic E-state index is 11.1. The molecule has 2 rings (SSSR count). The van der Waals surface area contributed by atoms with Gasteiger partial charge in [0.05, 0.1) is 17.6 Å². The molecule has 1 aliphatic heterocycles. The summed E-state index contributed by atoms with van der Waals surface area (Å²) in [5.74, 6) is 0.673.